The Morgan fingerprint density at radius 2 is 2.00 bits per heavy atom. The van der Waals surface area contributed by atoms with E-state index in [1.54, 1.807) is 41.1 Å². The monoisotopic (exact) mass is 431 g/mol. The number of pyridine rings is 2. The van der Waals surface area contributed by atoms with Gasteiger partial charge in [0.1, 0.15) is 17.4 Å². The maximum Gasteiger partial charge on any atom is 0.280 e. The third-order valence-electron chi connectivity index (χ3n) is 4.98. The van der Waals surface area contributed by atoms with Crippen LogP contribution in [0.2, 0.25) is 5.02 Å². The lowest BCUT2D eigenvalue weighted by molar-refractivity contribution is 0.0997. The maximum absolute atomic E-state index is 13.1. The molecule has 8 heteroatoms. The SMILES string of the molecule is CCCn1c(=NC(=O)c2ccccc2Cl)c(C#N)cc2c(=O)n3cccc(C)c3nc21. The molecule has 154 valence electrons. The number of halogens is 1. The number of nitriles is 1. The fraction of sp³-hybridized carbons (Fsp3) is 0.174. The number of amides is 1. The first-order valence-corrected chi connectivity index (χ1v) is 10.1. The van der Waals surface area contributed by atoms with Crippen molar-refractivity contribution < 1.29 is 4.79 Å². The highest BCUT2D eigenvalue weighted by molar-refractivity contribution is 6.33. The van der Waals surface area contributed by atoms with E-state index in [4.69, 9.17) is 16.6 Å². The summed E-state index contributed by atoms with van der Waals surface area (Å²) in [6.45, 7) is 4.25. The smallest absolute Gasteiger partial charge is 0.280 e. The molecule has 1 aromatic carbocycles. The maximum atomic E-state index is 13.1. The molecule has 0 spiro atoms. The molecule has 0 fully saturated rings. The Morgan fingerprint density at radius 3 is 2.71 bits per heavy atom. The summed E-state index contributed by atoms with van der Waals surface area (Å²) >= 11 is 6.15. The Labute approximate surface area is 182 Å². The third kappa shape index (κ3) is 3.51. The second-order valence-corrected chi connectivity index (χ2v) is 7.49. The molecule has 0 atom stereocenters. The van der Waals surface area contributed by atoms with E-state index in [-0.39, 0.29) is 32.6 Å². The van der Waals surface area contributed by atoms with Crippen LogP contribution < -0.4 is 11.0 Å². The fourth-order valence-corrected chi connectivity index (χ4v) is 3.73. The number of fused-ring (bicyclic) bond motifs is 2. The number of carbonyl (C=O) groups excluding carboxylic acids is 1. The summed E-state index contributed by atoms with van der Waals surface area (Å²) in [4.78, 5) is 35.0. The predicted octanol–water partition coefficient (Wildman–Crippen LogP) is 3.63. The second kappa shape index (κ2) is 8.17. The van der Waals surface area contributed by atoms with Crippen molar-refractivity contribution in [3.05, 3.63) is 86.2 Å². The number of rotatable bonds is 3. The van der Waals surface area contributed by atoms with E-state index in [0.29, 0.717) is 24.3 Å². The van der Waals surface area contributed by atoms with Gasteiger partial charge in [0.25, 0.3) is 11.5 Å². The van der Waals surface area contributed by atoms with Crippen LogP contribution in [0.3, 0.4) is 0 Å². The Kier molecular flexibility index (Phi) is 5.40. The molecule has 7 nitrogen and oxygen atoms in total. The van der Waals surface area contributed by atoms with Crippen molar-refractivity contribution in [3.8, 4) is 6.07 Å². The van der Waals surface area contributed by atoms with E-state index in [0.717, 1.165) is 5.56 Å². The number of benzene rings is 1. The van der Waals surface area contributed by atoms with Gasteiger partial charge in [-0.05, 0) is 43.2 Å². The average Bonchev–Trinajstić information content (AvgIpc) is 2.76. The number of aromatic nitrogens is 3. The molecule has 0 aliphatic rings. The standard InChI is InChI=1S/C23H18ClN5O2/c1-3-10-28-20(27-22(30)16-8-4-5-9-18(16)24)15(13-25)12-17-21(28)26-19-14(2)7-6-11-29(19)23(17)31/h4-9,11-12H,3,10H2,1-2H3. The van der Waals surface area contributed by atoms with Crippen molar-refractivity contribution in [1.82, 2.24) is 14.0 Å². The molecule has 0 N–H and O–H groups in total. The molecule has 1 amide bonds. The van der Waals surface area contributed by atoms with Crippen LogP contribution in [0, 0.1) is 18.3 Å². The van der Waals surface area contributed by atoms with E-state index < -0.39 is 5.91 Å². The van der Waals surface area contributed by atoms with Gasteiger partial charge in [0.05, 0.1) is 21.5 Å². The molecule has 0 aliphatic heterocycles. The number of hydrogen-bond acceptors (Lipinski definition) is 4. The van der Waals surface area contributed by atoms with E-state index in [9.17, 15) is 14.9 Å². The highest BCUT2D eigenvalue weighted by Crippen LogP contribution is 2.16. The summed E-state index contributed by atoms with van der Waals surface area (Å²) in [5.41, 5.74) is 1.95. The normalized spacial score (nSPS) is 11.7. The number of hydrogen-bond donors (Lipinski definition) is 0. The summed E-state index contributed by atoms with van der Waals surface area (Å²) in [5, 5.41) is 10.3. The molecule has 4 rings (SSSR count). The first-order chi connectivity index (χ1) is 15.0. The lowest BCUT2D eigenvalue weighted by Gasteiger charge is -2.13. The minimum Gasteiger partial charge on any atom is -0.309 e. The van der Waals surface area contributed by atoms with Crippen molar-refractivity contribution in [2.75, 3.05) is 0 Å². The van der Waals surface area contributed by atoms with Gasteiger partial charge in [0.2, 0.25) is 0 Å². The zero-order valence-electron chi connectivity index (χ0n) is 17.0. The summed E-state index contributed by atoms with van der Waals surface area (Å²) in [5.74, 6) is -0.569. The van der Waals surface area contributed by atoms with Gasteiger partial charge in [-0.15, -0.1) is 0 Å². The number of nitrogens with zero attached hydrogens (tertiary/aromatic N) is 5. The molecule has 0 bridgehead atoms. The molecular formula is C23H18ClN5O2. The van der Waals surface area contributed by atoms with E-state index in [2.05, 4.69) is 11.1 Å². The van der Waals surface area contributed by atoms with Gasteiger partial charge in [-0.25, -0.2) is 4.98 Å². The third-order valence-corrected chi connectivity index (χ3v) is 5.31. The summed E-state index contributed by atoms with van der Waals surface area (Å²) in [6.07, 6.45) is 2.33. The van der Waals surface area contributed by atoms with Crippen LogP contribution in [-0.2, 0) is 6.54 Å². The summed E-state index contributed by atoms with van der Waals surface area (Å²) < 4.78 is 3.12. The number of carbonyl (C=O) groups is 1. The van der Waals surface area contributed by atoms with E-state index >= 15 is 0 Å². The molecular weight excluding hydrogens is 414 g/mol. The lowest BCUT2D eigenvalue weighted by Crippen LogP contribution is -2.29. The van der Waals surface area contributed by atoms with Crippen molar-refractivity contribution in [2.24, 2.45) is 4.99 Å². The molecule has 3 aromatic heterocycles. The van der Waals surface area contributed by atoms with Crippen molar-refractivity contribution in [1.29, 1.82) is 5.26 Å². The first kappa shape index (κ1) is 20.5. The average molecular weight is 432 g/mol. The van der Waals surface area contributed by atoms with Crippen LogP contribution in [0.1, 0.15) is 34.8 Å². The Balaban J connectivity index is 2.14. The van der Waals surface area contributed by atoms with Crippen LogP contribution in [0.4, 0.5) is 0 Å². The van der Waals surface area contributed by atoms with Gasteiger partial charge < -0.3 is 4.57 Å². The Hall–Kier alpha value is -3.76. The van der Waals surface area contributed by atoms with Crippen molar-refractivity contribution in [3.63, 3.8) is 0 Å². The largest absolute Gasteiger partial charge is 0.309 e. The van der Waals surface area contributed by atoms with Crippen molar-refractivity contribution in [2.45, 2.75) is 26.8 Å². The van der Waals surface area contributed by atoms with Gasteiger partial charge in [-0.2, -0.15) is 10.3 Å². The summed E-state index contributed by atoms with van der Waals surface area (Å²) in [6, 6.07) is 13.8. The molecule has 4 aromatic rings. The van der Waals surface area contributed by atoms with Crippen LogP contribution in [-0.4, -0.2) is 19.9 Å². The minimum atomic E-state index is -0.569. The molecule has 31 heavy (non-hydrogen) atoms. The molecule has 0 saturated carbocycles. The Morgan fingerprint density at radius 1 is 1.23 bits per heavy atom. The van der Waals surface area contributed by atoms with Gasteiger partial charge in [-0.3, -0.25) is 14.0 Å². The number of aryl methyl sites for hydroxylation is 2. The molecule has 0 radical (unpaired) electrons. The van der Waals surface area contributed by atoms with Crippen LogP contribution in [0.25, 0.3) is 16.7 Å². The topological polar surface area (TPSA) is 92.5 Å². The predicted molar refractivity (Wildman–Crippen MR) is 118 cm³/mol. The minimum absolute atomic E-state index is 0.118. The molecule has 0 saturated heterocycles. The summed E-state index contributed by atoms with van der Waals surface area (Å²) in [7, 11) is 0. The molecule has 0 aliphatic carbocycles. The first-order valence-electron chi connectivity index (χ1n) is 9.75. The van der Waals surface area contributed by atoms with Gasteiger partial charge in [0.15, 0.2) is 5.49 Å². The van der Waals surface area contributed by atoms with Gasteiger partial charge >= 0.3 is 0 Å². The molecule has 0 unspecified atom stereocenters. The van der Waals surface area contributed by atoms with E-state index in [1.807, 2.05) is 19.9 Å². The second-order valence-electron chi connectivity index (χ2n) is 7.08. The highest BCUT2D eigenvalue weighted by atomic mass is 35.5. The Bertz CT molecular complexity index is 1530. The van der Waals surface area contributed by atoms with Crippen LogP contribution in [0.5, 0.6) is 0 Å². The zero-order chi connectivity index (χ0) is 22.1. The van der Waals surface area contributed by atoms with Gasteiger partial charge in [-0.1, -0.05) is 36.7 Å². The molecule has 3 heterocycles. The quantitative estimate of drug-likeness (QED) is 0.463. The zero-order valence-corrected chi connectivity index (χ0v) is 17.7. The van der Waals surface area contributed by atoms with Crippen molar-refractivity contribution >= 4 is 34.2 Å². The van der Waals surface area contributed by atoms with E-state index in [1.165, 1.54) is 10.5 Å². The fourth-order valence-electron chi connectivity index (χ4n) is 3.52. The van der Waals surface area contributed by atoms with Crippen LogP contribution in [0.15, 0.2) is 58.4 Å². The highest BCUT2D eigenvalue weighted by Gasteiger charge is 2.16. The lowest BCUT2D eigenvalue weighted by atomic mass is 10.2. The van der Waals surface area contributed by atoms with Crippen LogP contribution >= 0.6 is 11.6 Å². The van der Waals surface area contributed by atoms with Gasteiger partial charge in [0, 0.05) is 12.7 Å².